The third kappa shape index (κ3) is 4.23. The molecule has 1 N–H and O–H groups in total. The first-order chi connectivity index (χ1) is 10.2. The molecule has 2 aromatic rings. The molecular formula is C15H18N4OS. The van der Waals surface area contributed by atoms with Crippen molar-refractivity contribution in [2.75, 3.05) is 18.1 Å². The number of thioether (sulfide) groups is 1. The van der Waals surface area contributed by atoms with Crippen LogP contribution in [0.4, 0.5) is 0 Å². The van der Waals surface area contributed by atoms with Crippen LogP contribution in [-0.2, 0) is 11.3 Å². The van der Waals surface area contributed by atoms with Gasteiger partial charge in [0.05, 0.1) is 28.6 Å². The molecule has 0 saturated carbocycles. The summed E-state index contributed by atoms with van der Waals surface area (Å²) in [5.74, 6) is 1.68. The summed E-state index contributed by atoms with van der Waals surface area (Å²) in [6.45, 7) is 3.47. The van der Waals surface area contributed by atoms with E-state index in [0.717, 1.165) is 29.8 Å². The first-order valence-electron chi connectivity index (χ1n) is 6.85. The zero-order chi connectivity index (χ0) is 15.1. The Morgan fingerprint density at radius 3 is 3.10 bits per heavy atom. The second-order valence-corrected chi connectivity index (χ2v) is 5.64. The SMILES string of the molecule is Cc1nc2ccccc2n1CCCNC(=O)CSCC#N. The number of nitriles is 1. The Kier molecular flexibility index (Phi) is 5.64. The number of rotatable bonds is 7. The molecule has 0 aliphatic rings. The van der Waals surface area contributed by atoms with Crippen molar-refractivity contribution in [2.45, 2.75) is 19.9 Å². The Morgan fingerprint density at radius 1 is 1.48 bits per heavy atom. The maximum absolute atomic E-state index is 11.5. The number of aryl methyl sites for hydroxylation is 2. The van der Waals surface area contributed by atoms with Gasteiger partial charge >= 0.3 is 0 Å². The van der Waals surface area contributed by atoms with Gasteiger partial charge in [0.2, 0.25) is 5.91 Å². The molecule has 1 amide bonds. The van der Waals surface area contributed by atoms with E-state index in [1.807, 2.05) is 31.2 Å². The van der Waals surface area contributed by atoms with Crippen molar-refractivity contribution in [2.24, 2.45) is 0 Å². The summed E-state index contributed by atoms with van der Waals surface area (Å²) in [5.41, 5.74) is 2.14. The van der Waals surface area contributed by atoms with Gasteiger partial charge in [0.15, 0.2) is 0 Å². The molecule has 2 rings (SSSR count). The number of carbonyl (C=O) groups is 1. The van der Waals surface area contributed by atoms with E-state index < -0.39 is 0 Å². The van der Waals surface area contributed by atoms with Crippen molar-refractivity contribution in [1.82, 2.24) is 14.9 Å². The van der Waals surface area contributed by atoms with E-state index in [1.54, 1.807) is 0 Å². The van der Waals surface area contributed by atoms with Gasteiger partial charge in [-0.1, -0.05) is 12.1 Å². The average Bonchev–Trinajstić information content (AvgIpc) is 2.80. The van der Waals surface area contributed by atoms with Gasteiger partial charge in [-0.3, -0.25) is 4.79 Å². The first kappa shape index (κ1) is 15.4. The van der Waals surface area contributed by atoms with Gasteiger partial charge in [-0.05, 0) is 25.5 Å². The van der Waals surface area contributed by atoms with Gasteiger partial charge < -0.3 is 9.88 Å². The molecule has 1 heterocycles. The molecule has 0 radical (unpaired) electrons. The molecule has 1 aromatic heterocycles. The van der Waals surface area contributed by atoms with Crippen molar-refractivity contribution in [3.63, 3.8) is 0 Å². The van der Waals surface area contributed by atoms with Gasteiger partial charge in [-0.25, -0.2) is 4.98 Å². The summed E-state index contributed by atoms with van der Waals surface area (Å²) in [4.78, 5) is 16.0. The lowest BCUT2D eigenvalue weighted by Crippen LogP contribution is -2.27. The Balaban J connectivity index is 1.79. The summed E-state index contributed by atoms with van der Waals surface area (Å²) < 4.78 is 2.17. The third-order valence-corrected chi connectivity index (χ3v) is 3.93. The topological polar surface area (TPSA) is 70.7 Å². The van der Waals surface area contributed by atoms with Crippen molar-refractivity contribution in [3.8, 4) is 6.07 Å². The number of benzene rings is 1. The minimum Gasteiger partial charge on any atom is -0.355 e. The second kappa shape index (κ2) is 7.70. The minimum absolute atomic E-state index is 0.0116. The van der Waals surface area contributed by atoms with Crippen molar-refractivity contribution >= 4 is 28.7 Å². The van der Waals surface area contributed by atoms with Crippen LogP contribution >= 0.6 is 11.8 Å². The predicted octanol–water partition coefficient (Wildman–Crippen LogP) is 2.11. The Hall–Kier alpha value is -2.00. The van der Waals surface area contributed by atoms with Crippen LogP contribution in [0.1, 0.15) is 12.2 Å². The van der Waals surface area contributed by atoms with Crippen molar-refractivity contribution in [1.29, 1.82) is 5.26 Å². The van der Waals surface area contributed by atoms with E-state index in [-0.39, 0.29) is 5.91 Å². The highest BCUT2D eigenvalue weighted by Gasteiger charge is 2.06. The number of para-hydroxylation sites is 2. The standard InChI is InChI=1S/C15H18N4OS/c1-12-18-13-5-2-3-6-14(13)19(12)9-4-8-17-15(20)11-21-10-7-16/h2-3,5-6H,4,8-11H2,1H3,(H,17,20). The molecule has 6 heteroatoms. The van der Waals surface area contributed by atoms with Crippen LogP contribution in [0.3, 0.4) is 0 Å². The summed E-state index contributed by atoms with van der Waals surface area (Å²) in [7, 11) is 0. The number of hydrogen-bond donors (Lipinski definition) is 1. The molecule has 21 heavy (non-hydrogen) atoms. The van der Waals surface area contributed by atoms with Crippen LogP contribution in [0.2, 0.25) is 0 Å². The van der Waals surface area contributed by atoms with Crippen LogP contribution in [0.5, 0.6) is 0 Å². The smallest absolute Gasteiger partial charge is 0.230 e. The Morgan fingerprint density at radius 2 is 2.29 bits per heavy atom. The largest absolute Gasteiger partial charge is 0.355 e. The fourth-order valence-corrected chi connectivity index (χ4v) is 2.66. The summed E-state index contributed by atoms with van der Waals surface area (Å²) >= 11 is 1.33. The number of nitrogens with zero attached hydrogens (tertiary/aromatic N) is 3. The number of imidazole rings is 1. The minimum atomic E-state index is -0.0116. The quantitative estimate of drug-likeness (QED) is 0.795. The van der Waals surface area contributed by atoms with Crippen molar-refractivity contribution < 1.29 is 4.79 Å². The van der Waals surface area contributed by atoms with Gasteiger partial charge in [0.25, 0.3) is 0 Å². The number of hydrogen-bond acceptors (Lipinski definition) is 4. The monoisotopic (exact) mass is 302 g/mol. The van der Waals surface area contributed by atoms with E-state index >= 15 is 0 Å². The van der Waals surface area contributed by atoms with Crippen molar-refractivity contribution in [3.05, 3.63) is 30.1 Å². The number of nitrogens with one attached hydrogen (secondary N) is 1. The lowest BCUT2D eigenvalue weighted by molar-refractivity contribution is -0.118. The van der Waals surface area contributed by atoms with Gasteiger partial charge in [0.1, 0.15) is 5.82 Å². The zero-order valence-electron chi connectivity index (χ0n) is 12.0. The highest BCUT2D eigenvalue weighted by molar-refractivity contribution is 8.00. The third-order valence-electron chi connectivity index (χ3n) is 3.13. The van der Waals surface area contributed by atoms with E-state index in [2.05, 4.69) is 20.9 Å². The van der Waals surface area contributed by atoms with Crippen LogP contribution in [0.25, 0.3) is 11.0 Å². The van der Waals surface area contributed by atoms with E-state index in [4.69, 9.17) is 5.26 Å². The molecule has 5 nitrogen and oxygen atoms in total. The molecule has 0 unspecified atom stereocenters. The number of amides is 1. The van der Waals surface area contributed by atoms with Crippen LogP contribution in [-0.4, -0.2) is 33.5 Å². The molecule has 110 valence electrons. The van der Waals surface area contributed by atoms with E-state index in [9.17, 15) is 4.79 Å². The molecule has 0 fully saturated rings. The van der Waals surface area contributed by atoms with Gasteiger partial charge in [-0.15, -0.1) is 11.8 Å². The fourth-order valence-electron chi connectivity index (χ4n) is 2.18. The average molecular weight is 302 g/mol. The number of aromatic nitrogens is 2. The first-order valence-corrected chi connectivity index (χ1v) is 8.01. The maximum Gasteiger partial charge on any atom is 0.230 e. The summed E-state index contributed by atoms with van der Waals surface area (Å²) in [5, 5.41) is 11.3. The Bertz CT molecular complexity index is 659. The summed E-state index contributed by atoms with van der Waals surface area (Å²) in [6, 6.07) is 10.1. The van der Waals surface area contributed by atoms with Crippen LogP contribution < -0.4 is 5.32 Å². The maximum atomic E-state index is 11.5. The predicted molar refractivity (Wildman–Crippen MR) is 85.0 cm³/mol. The van der Waals surface area contributed by atoms with Gasteiger partial charge in [0, 0.05) is 13.1 Å². The lowest BCUT2D eigenvalue weighted by Gasteiger charge is -2.08. The van der Waals surface area contributed by atoms with E-state index in [0.29, 0.717) is 18.1 Å². The fraction of sp³-hybridized carbons (Fsp3) is 0.400. The molecule has 0 aliphatic heterocycles. The Labute approximate surface area is 128 Å². The molecule has 1 aromatic carbocycles. The zero-order valence-corrected chi connectivity index (χ0v) is 12.8. The second-order valence-electron chi connectivity index (χ2n) is 4.65. The molecule has 0 atom stereocenters. The molecule has 0 bridgehead atoms. The summed E-state index contributed by atoms with van der Waals surface area (Å²) in [6.07, 6.45) is 0.857. The van der Waals surface area contributed by atoms with E-state index in [1.165, 1.54) is 11.8 Å². The number of fused-ring (bicyclic) bond motifs is 1. The lowest BCUT2D eigenvalue weighted by atomic mass is 10.3. The van der Waals surface area contributed by atoms with Crippen LogP contribution in [0, 0.1) is 18.3 Å². The molecule has 0 saturated heterocycles. The van der Waals surface area contributed by atoms with Gasteiger partial charge in [-0.2, -0.15) is 5.26 Å². The number of carbonyl (C=O) groups excluding carboxylic acids is 1. The van der Waals surface area contributed by atoms with Crippen LogP contribution in [0.15, 0.2) is 24.3 Å². The molecule has 0 spiro atoms. The highest BCUT2D eigenvalue weighted by Crippen LogP contribution is 2.15. The normalized spacial score (nSPS) is 10.5. The molecular weight excluding hydrogens is 284 g/mol. The molecule has 0 aliphatic carbocycles. The highest BCUT2D eigenvalue weighted by atomic mass is 32.2.